The van der Waals surface area contributed by atoms with Gasteiger partial charge in [0, 0.05) is 25.4 Å². The van der Waals surface area contributed by atoms with Crippen LogP contribution in [0, 0.1) is 5.92 Å². The quantitative estimate of drug-likeness (QED) is 0.721. The number of fused-ring (bicyclic) bond motifs is 3. The number of hydrogen-bond acceptors (Lipinski definition) is 4. The van der Waals surface area contributed by atoms with Crippen LogP contribution in [0.3, 0.4) is 0 Å². The standard InChI is InChI=1S/C25H28N2O5/c1-16-10-11-22(24(29)30)27(14-16)23(28)12-13-26-25(31)32-15-21-19-8-4-2-6-17(19)18-7-3-5-9-20(18)21/h2-9,16,21-22H,10-15H2,1H3,(H,26,31)(H,29,30). The summed E-state index contributed by atoms with van der Waals surface area (Å²) in [5, 5.41) is 12.0. The summed E-state index contributed by atoms with van der Waals surface area (Å²) < 4.78 is 5.47. The topological polar surface area (TPSA) is 95.9 Å². The molecule has 1 saturated heterocycles. The van der Waals surface area contributed by atoms with Crippen LogP contribution in [0.4, 0.5) is 4.79 Å². The summed E-state index contributed by atoms with van der Waals surface area (Å²) in [5.74, 6) is -0.997. The zero-order chi connectivity index (χ0) is 22.7. The van der Waals surface area contributed by atoms with E-state index in [2.05, 4.69) is 29.6 Å². The number of carbonyl (C=O) groups excluding carboxylic acids is 2. The number of amides is 2. The average Bonchev–Trinajstić information content (AvgIpc) is 3.11. The van der Waals surface area contributed by atoms with Crippen LogP contribution in [0.5, 0.6) is 0 Å². The molecule has 0 radical (unpaired) electrons. The molecule has 2 unspecified atom stereocenters. The second-order valence-electron chi connectivity index (χ2n) is 8.58. The van der Waals surface area contributed by atoms with Crippen molar-refractivity contribution in [2.24, 2.45) is 5.92 Å². The molecule has 0 saturated carbocycles. The maximum Gasteiger partial charge on any atom is 0.407 e. The molecule has 2 aromatic rings. The highest BCUT2D eigenvalue weighted by Gasteiger charge is 2.34. The lowest BCUT2D eigenvalue weighted by molar-refractivity contribution is -0.153. The van der Waals surface area contributed by atoms with E-state index >= 15 is 0 Å². The van der Waals surface area contributed by atoms with Crippen LogP contribution < -0.4 is 5.32 Å². The van der Waals surface area contributed by atoms with Gasteiger partial charge in [0.25, 0.3) is 0 Å². The third-order valence-electron chi connectivity index (χ3n) is 6.37. The van der Waals surface area contributed by atoms with E-state index in [4.69, 9.17) is 4.74 Å². The first-order chi connectivity index (χ1) is 15.5. The predicted molar refractivity (Wildman–Crippen MR) is 119 cm³/mol. The minimum Gasteiger partial charge on any atom is -0.480 e. The van der Waals surface area contributed by atoms with E-state index in [9.17, 15) is 19.5 Å². The molecule has 32 heavy (non-hydrogen) atoms. The highest BCUT2D eigenvalue weighted by atomic mass is 16.5. The van der Waals surface area contributed by atoms with Crippen LogP contribution >= 0.6 is 0 Å². The van der Waals surface area contributed by atoms with Crippen molar-refractivity contribution in [2.75, 3.05) is 19.7 Å². The van der Waals surface area contributed by atoms with Gasteiger partial charge in [-0.25, -0.2) is 9.59 Å². The Bertz CT molecular complexity index is 975. The second-order valence-corrected chi connectivity index (χ2v) is 8.58. The van der Waals surface area contributed by atoms with Gasteiger partial charge in [0.1, 0.15) is 12.6 Å². The largest absolute Gasteiger partial charge is 0.480 e. The molecule has 168 valence electrons. The maximum atomic E-state index is 12.6. The molecule has 0 bridgehead atoms. The number of likely N-dealkylation sites (tertiary alicyclic amines) is 1. The molecule has 7 nitrogen and oxygen atoms in total. The maximum absolute atomic E-state index is 12.6. The van der Waals surface area contributed by atoms with Crippen LogP contribution in [0.25, 0.3) is 11.1 Å². The first-order valence-electron chi connectivity index (χ1n) is 11.1. The van der Waals surface area contributed by atoms with Gasteiger partial charge in [0.15, 0.2) is 0 Å². The Morgan fingerprint density at radius 3 is 2.28 bits per heavy atom. The molecule has 4 rings (SSSR count). The summed E-state index contributed by atoms with van der Waals surface area (Å²) in [6.45, 7) is 2.75. The molecule has 0 aromatic heterocycles. The molecule has 1 aliphatic heterocycles. The first-order valence-corrected chi connectivity index (χ1v) is 11.1. The minimum atomic E-state index is -0.977. The van der Waals surface area contributed by atoms with Crippen LogP contribution in [-0.2, 0) is 14.3 Å². The lowest BCUT2D eigenvalue weighted by Crippen LogP contribution is -2.50. The molecule has 1 fully saturated rings. The lowest BCUT2D eigenvalue weighted by Gasteiger charge is -2.36. The number of carboxylic acid groups (broad SMARTS) is 1. The molecule has 2 N–H and O–H groups in total. The fraction of sp³-hybridized carbons (Fsp3) is 0.400. The summed E-state index contributed by atoms with van der Waals surface area (Å²) in [7, 11) is 0. The summed E-state index contributed by atoms with van der Waals surface area (Å²) in [5.41, 5.74) is 4.59. The summed E-state index contributed by atoms with van der Waals surface area (Å²) in [6, 6.07) is 15.4. The zero-order valence-electron chi connectivity index (χ0n) is 18.1. The monoisotopic (exact) mass is 436 g/mol. The highest BCUT2D eigenvalue weighted by Crippen LogP contribution is 2.44. The van der Waals surface area contributed by atoms with E-state index < -0.39 is 18.1 Å². The third kappa shape index (κ3) is 4.47. The van der Waals surface area contributed by atoms with Crippen molar-refractivity contribution in [1.82, 2.24) is 10.2 Å². The van der Waals surface area contributed by atoms with Gasteiger partial charge in [0.05, 0.1) is 0 Å². The smallest absolute Gasteiger partial charge is 0.407 e. The zero-order valence-corrected chi connectivity index (χ0v) is 18.1. The van der Waals surface area contributed by atoms with Gasteiger partial charge in [-0.2, -0.15) is 0 Å². The molecule has 1 heterocycles. The summed E-state index contributed by atoms with van der Waals surface area (Å²) in [6.07, 6.45) is 0.711. The average molecular weight is 437 g/mol. The van der Waals surface area contributed by atoms with E-state index in [0.29, 0.717) is 13.0 Å². The summed E-state index contributed by atoms with van der Waals surface area (Å²) in [4.78, 5) is 37.7. The van der Waals surface area contributed by atoms with Crippen molar-refractivity contribution in [3.8, 4) is 11.1 Å². The Labute approximate surface area is 187 Å². The molecular formula is C25H28N2O5. The Kier molecular flexibility index (Phi) is 6.44. The number of ether oxygens (including phenoxy) is 1. The van der Waals surface area contributed by atoms with E-state index in [1.165, 1.54) is 4.90 Å². The molecule has 0 spiro atoms. The molecule has 2 aromatic carbocycles. The number of carboxylic acids is 1. The Morgan fingerprint density at radius 1 is 1.03 bits per heavy atom. The number of nitrogens with one attached hydrogen (secondary N) is 1. The molecular weight excluding hydrogens is 408 g/mol. The predicted octanol–water partition coefficient (Wildman–Crippen LogP) is 3.63. The molecule has 7 heteroatoms. The van der Waals surface area contributed by atoms with Crippen LogP contribution in [0.2, 0.25) is 0 Å². The van der Waals surface area contributed by atoms with Crippen molar-refractivity contribution >= 4 is 18.0 Å². The van der Waals surface area contributed by atoms with Crippen molar-refractivity contribution in [2.45, 2.75) is 38.1 Å². The number of aliphatic carboxylic acids is 1. The fourth-order valence-corrected chi connectivity index (χ4v) is 4.75. The molecule has 2 atom stereocenters. The fourth-order valence-electron chi connectivity index (χ4n) is 4.75. The first kappa shape index (κ1) is 21.9. The van der Waals surface area contributed by atoms with Crippen LogP contribution in [0.1, 0.15) is 43.2 Å². The van der Waals surface area contributed by atoms with Crippen LogP contribution in [0.15, 0.2) is 48.5 Å². The Hall–Kier alpha value is -3.35. The van der Waals surface area contributed by atoms with Gasteiger partial charge in [-0.3, -0.25) is 4.79 Å². The number of piperidine rings is 1. The number of alkyl carbamates (subject to hydrolysis) is 1. The van der Waals surface area contributed by atoms with Gasteiger partial charge in [-0.1, -0.05) is 55.5 Å². The number of carbonyl (C=O) groups is 3. The number of hydrogen-bond donors (Lipinski definition) is 2. The van der Waals surface area contributed by atoms with E-state index in [0.717, 1.165) is 28.7 Å². The van der Waals surface area contributed by atoms with Crippen molar-refractivity contribution in [3.63, 3.8) is 0 Å². The highest BCUT2D eigenvalue weighted by molar-refractivity contribution is 5.84. The second kappa shape index (κ2) is 9.42. The SMILES string of the molecule is CC1CCC(C(=O)O)N(C(=O)CCNC(=O)OCC2c3ccccc3-c3ccccc32)C1. The van der Waals surface area contributed by atoms with E-state index in [1.54, 1.807) is 0 Å². The number of benzene rings is 2. The third-order valence-corrected chi connectivity index (χ3v) is 6.37. The Balaban J connectivity index is 1.29. The molecule has 2 amide bonds. The van der Waals surface area contributed by atoms with E-state index in [-0.39, 0.29) is 37.3 Å². The van der Waals surface area contributed by atoms with Crippen molar-refractivity contribution < 1.29 is 24.2 Å². The normalized spacial score (nSPS) is 19.7. The van der Waals surface area contributed by atoms with Gasteiger partial charge < -0.3 is 20.1 Å². The number of nitrogens with zero attached hydrogens (tertiary/aromatic N) is 1. The molecule has 2 aliphatic rings. The number of rotatable bonds is 6. The van der Waals surface area contributed by atoms with Gasteiger partial charge in [-0.05, 0) is 41.0 Å². The van der Waals surface area contributed by atoms with Gasteiger partial charge in [0.2, 0.25) is 5.91 Å². The van der Waals surface area contributed by atoms with Crippen molar-refractivity contribution in [3.05, 3.63) is 59.7 Å². The van der Waals surface area contributed by atoms with Crippen LogP contribution in [-0.4, -0.2) is 53.7 Å². The van der Waals surface area contributed by atoms with Crippen molar-refractivity contribution in [1.29, 1.82) is 0 Å². The van der Waals surface area contributed by atoms with E-state index in [1.807, 2.05) is 31.2 Å². The summed E-state index contributed by atoms with van der Waals surface area (Å²) >= 11 is 0. The minimum absolute atomic E-state index is 0.0269. The van der Waals surface area contributed by atoms with Gasteiger partial charge in [-0.15, -0.1) is 0 Å². The molecule has 1 aliphatic carbocycles. The van der Waals surface area contributed by atoms with Gasteiger partial charge >= 0.3 is 12.1 Å². The lowest BCUT2D eigenvalue weighted by atomic mass is 9.94. The Morgan fingerprint density at radius 2 is 1.66 bits per heavy atom.